The summed E-state index contributed by atoms with van der Waals surface area (Å²) in [7, 11) is 0. The number of halogens is 2. The molecule has 0 spiro atoms. The zero-order valence-electron chi connectivity index (χ0n) is 14.4. The lowest BCUT2D eigenvalue weighted by molar-refractivity contribution is 0.0966. The summed E-state index contributed by atoms with van der Waals surface area (Å²) in [5, 5.41) is 4.96. The van der Waals surface area contributed by atoms with Crippen LogP contribution in [0.25, 0.3) is 0 Å². The highest BCUT2D eigenvalue weighted by molar-refractivity contribution is 6.40. The van der Waals surface area contributed by atoms with Crippen molar-refractivity contribution in [1.82, 2.24) is 5.32 Å². The van der Waals surface area contributed by atoms with Gasteiger partial charge < -0.3 is 5.32 Å². The van der Waals surface area contributed by atoms with Gasteiger partial charge in [-0.3, -0.25) is 14.9 Å². The Labute approximate surface area is 171 Å². The number of ketones is 1. The van der Waals surface area contributed by atoms with Crippen molar-refractivity contribution in [3.8, 4) is 0 Å². The number of carbonyl (C=O) groups excluding carboxylic acids is 3. The molecule has 28 heavy (non-hydrogen) atoms. The van der Waals surface area contributed by atoms with Crippen LogP contribution in [0.2, 0.25) is 10.0 Å². The van der Waals surface area contributed by atoms with Gasteiger partial charge in [0.25, 0.3) is 5.91 Å². The minimum absolute atomic E-state index is 0.0183. The summed E-state index contributed by atoms with van der Waals surface area (Å²) in [5.74, 6) is -0.843. The summed E-state index contributed by atoms with van der Waals surface area (Å²) in [5.41, 5.74) is 1.49. The molecule has 3 aromatic carbocycles. The second-order valence-corrected chi connectivity index (χ2v) is 6.59. The summed E-state index contributed by atoms with van der Waals surface area (Å²) >= 11 is 11.9. The molecule has 0 heterocycles. The van der Waals surface area contributed by atoms with Crippen LogP contribution in [0.5, 0.6) is 0 Å². The fourth-order valence-corrected chi connectivity index (χ4v) is 3.07. The Morgan fingerprint density at radius 2 is 1.25 bits per heavy atom. The molecule has 0 bridgehead atoms. The van der Waals surface area contributed by atoms with E-state index in [0.717, 1.165) is 0 Å². The van der Waals surface area contributed by atoms with Crippen LogP contribution in [0.3, 0.4) is 0 Å². The SMILES string of the molecule is O=C(NC(=O)c1c(Cl)cccc1Cl)Nc1ccc(C(=O)c2ccccc2)cc1. The Kier molecular flexibility index (Phi) is 6.09. The van der Waals surface area contributed by atoms with Gasteiger partial charge in [-0.2, -0.15) is 0 Å². The fraction of sp³-hybridized carbons (Fsp3) is 0. The number of hydrogen-bond acceptors (Lipinski definition) is 3. The van der Waals surface area contributed by atoms with E-state index in [0.29, 0.717) is 16.8 Å². The van der Waals surface area contributed by atoms with E-state index < -0.39 is 11.9 Å². The number of imide groups is 1. The molecule has 0 atom stereocenters. The molecule has 0 saturated heterocycles. The van der Waals surface area contributed by atoms with Crippen molar-refractivity contribution in [1.29, 1.82) is 0 Å². The first-order valence-electron chi connectivity index (χ1n) is 8.22. The zero-order chi connectivity index (χ0) is 20.1. The van der Waals surface area contributed by atoms with Gasteiger partial charge in [-0.05, 0) is 36.4 Å². The maximum Gasteiger partial charge on any atom is 0.326 e. The molecule has 3 amide bonds. The third-order valence-corrected chi connectivity index (χ3v) is 4.49. The van der Waals surface area contributed by atoms with Crippen molar-refractivity contribution in [2.24, 2.45) is 0 Å². The van der Waals surface area contributed by atoms with E-state index >= 15 is 0 Å². The summed E-state index contributed by atoms with van der Waals surface area (Å²) in [4.78, 5) is 36.6. The van der Waals surface area contributed by atoms with Crippen LogP contribution in [0.15, 0.2) is 72.8 Å². The normalized spacial score (nSPS) is 10.2. The van der Waals surface area contributed by atoms with Crippen molar-refractivity contribution >= 4 is 46.6 Å². The van der Waals surface area contributed by atoms with Crippen LogP contribution in [0.1, 0.15) is 26.3 Å². The minimum atomic E-state index is -0.747. The average molecular weight is 413 g/mol. The highest BCUT2D eigenvalue weighted by atomic mass is 35.5. The maximum atomic E-state index is 12.4. The van der Waals surface area contributed by atoms with Crippen LogP contribution in [-0.4, -0.2) is 17.7 Å². The molecule has 0 aliphatic heterocycles. The van der Waals surface area contributed by atoms with Gasteiger partial charge in [-0.1, -0.05) is 59.6 Å². The van der Waals surface area contributed by atoms with Gasteiger partial charge in [0.1, 0.15) is 0 Å². The molecule has 3 aromatic rings. The molecule has 140 valence electrons. The van der Waals surface area contributed by atoms with E-state index in [1.807, 2.05) is 6.07 Å². The van der Waals surface area contributed by atoms with Gasteiger partial charge in [0.2, 0.25) is 0 Å². The fourth-order valence-electron chi connectivity index (χ4n) is 2.50. The second-order valence-electron chi connectivity index (χ2n) is 5.78. The number of benzene rings is 3. The summed E-state index contributed by atoms with van der Waals surface area (Å²) < 4.78 is 0. The Morgan fingerprint density at radius 1 is 0.679 bits per heavy atom. The molecule has 0 aromatic heterocycles. The average Bonchev–Trinajstić information content (AvgIpc) is 2.68. The number of nitrogens with one attached hydrogen (secondary N) is 2. The van der Waals surface area contributed by atoms with Gasteiger partial charge in [-0.15, -0.1) is 0 Å². The lowest BCUT2D eigenvalue weighted by Gasteiger charge is -2.09. The summed E-state index contributed by atoms with van der Waals surface area (Å²) in [6.45, 7) is 0. The zero-order valence-corrected chi connectivity index (χ0v) is 15.9. The number of carbonyl (C=O) groups is 3. The van der Waals surface area contributed by atoms with Gasteiger partial charge in [0.15, 0.2) is 5.78 Å². The van der Waals surface area contributed by atoms with Gasteiger partial charge >= 0.3 is 6.03 Å². The van der Waals surface area contributed by atoms with E-state index in [2.05, 4.69) is 10.6 Å². The number of amides is 3. The number of hydrogen-bond donors (Lipinski definition) is 2. The molecule has 3 rings (SSSR count). The molecule has 2 N–H and O–H groups in total. The van der Waals surface area contributed by atoms with E-state index in [1.165, 1.54) is 12.1 Å². The van der Waals surface area contributed by atoms with Crippen LogP contribution in [0.4, 0.5) is 10.5 Å². The highest BCUT2D eigenvalue weighted by Gasteiger charge is 2.17. The Bertz CT molecular complexity index is 1020. The molecule has 5 nitrogen and oxygen atoms in total. The standard InChI is InChI=1S/C21H14Cl2N2O3/c22-16-7-4-8-17(23)18(16)20(27)25-21(28)24-15-11-9-14(10-12-15)19(26)13-5-2-1-3-6-13/h1-12H,(H2,24,25,27,28). The van der Waals surface area contributed by atoms with Crippen molar-refractivity contribution in [2.45, 2.75) is 0 Å². The molecule has 0 fully saturated rings. The monoisotopic (exact) mass is 412 g/mol. The quantitative estimate of drug-likeness (QED) is 0.579. The topological polar surface area (TPSA) is 75.3 Å². The van der Waals surface area contributed by atoms with Crippen LogP contribution in [0, 0.1) is 0 Å². The first-order chi connectivity index (χ1) is 13.5. The lowest BCUT2D eigenvalue weighted by Crippen LogP contribution is -2.34. The Hall–Kier alpha value is -3.15. The van der Waals surface area contributed by atoms with Crippen LogP contribution >= 0.6 is 23.2 Å². The van der Waals surface area contributed by atoms with E-state index in [1.54, 1.807) is 54.6 Å². The molecule has 0 aliphatic carbocycles. The molecule has 0 radical (unpaired) electrons. The van der Waals surface area contributed by atoms with E-state index in [-0.39, 0.29) is 21.4 Å². The minimum Gasteiger partial charge on any atom is -0.308 e. The Morgan fingerprint density at radius 3 is 1.86 bits per heavy atom. The second kappa shape index (κ2) is 8.69. The van der Waals surface area contributed by atoms with Gasteiger partial charge in [0.05, 0.1) is 15.6 Å². The third-order valence-electron chi connectivity index (χ3n) is 3.86. The maximum absolute atomic E-state index is 12.4. The first-order valence-corrected chi connectivity index (χ1v) is 8.97. The molecule has 0 unspecified atom stereocenters. The highest BCUT2D eigenvalue weighted by Crippen LogP contribution is 2.24. The van der Waals surface area contributed by atoms with Gasteiger partial charge in [-0.25, -0.2) is 4.79 Å². The van der Waals surface area contributed by atoms with E-state index in [4.69, 9.17) is 23.2 Å². The summed E-state index contributed by atoms with van der Waals surface area (Å²) in [6.07, 6.45) is 0. The van der Waals surface area contributed by atoms with E-state index in [9.17, 15) is 14.4 Å². The smallest absolute Gasteiger partial charge is 0.308 e. The summed E-state index contributed by atoms with van der Waals surface area (Å²) in [6, 6.07) is 19.1. The van der Waals surface area contributed by atoms with Crippen LogP contribution < -0.4 is 10.6 Å². The Balaban J connectivity index is 1.65. The lowest BCUT2D eigenvalue weighted by atomic mass is 10.0. The van der Waals surface area contributed by atoms with Crippen molar-refractivity contribution in [2.75, 3.05) is 5.32 Å². The van der Waals surface area contributed by atoms with Crippen molar-refractivity contribution in [3.05, 3.63) is 99.5 Å². The molecule has 7 heteroatoms. The molecule has 0 saturated carbocycles. The van der Waals surface area contributed by atoms with Crippen LogP contribution in [-0.2, 0) is 0 Å². The predicted octanol–water partition coefficient (Wildman–Crippen LogP) is 5.19. The number of anilines is 1. The largest absolute Gasteiger partial charge is 0.326 e. The number of urea groups is 1. The van der Waals surface area contributed by atoms with Crippen molar-refractivity contribution < 1.29 is 14.4 Å². The molecular formula is C21H14Cl2N2O3. The predicted molar refractivity (Wildman–Crippen MR) is 109 cm³/mol. The molecular weight excluding hydrogens is 399 g/mol. The molecule has 0 aliphatic rings. The third kappa shape index (κ3) is 4.57. The van der Waals surface area contributed by atoms with Gasteiger partial charge in [0, 0.05) is 16.8 Å². The van der Waals surface area contributed by atoms with Crippen molar-refractivity contribution in [3.63, 3.8) is 0 Å². The number of rotatable bonds is 4. The first kappa shape index (κ1) is 19.6.